The number of hydrogen-bond donors (Lipinski definition) is 3. The molecule has 0 aliphatic heterocycles. The van der Waals surface area contributed by atoms with Crippen LogP contribution in [0, 0.1) is 0 Å². The summed E-state index contributed by atoms with van der Waals surface area (Å²) in [5, 5.41) is 3.27. The van der Waals surface area contributed by atoms with E-state index in [-0.39, 0.29) is 6.61 Å². The minimum atomic E-state index is -0.478. The average molecular weight is 237 g/mol. The van der Waals surface area contributed by atoms with E-state index in [2.05, 4.69) is 5.32 Å². The highest BCUT2D eigenvalue weighted by molar-refractivity contribution is 5.75. The first kappa shape index (κ1) is 13.3. The van der Waals surface area contributed by atoms with E-state index < -0.39 is 5.91 Å². The molecule has 0 bridgehead atoms. The summed E-state index contributed by atoms with van der Waals surface area (Å²) < 4.78 is 5.15. The highest BCUT2D eigenvalue weighted by Gasteiger charge is 1.97. The molecule has 5 N–H and O–H groups in total. The molecule has 5 nitrogen and oxygen atoms in total. The van der Waals surface area contributed by atoms with Crippen LogP contribution < -0.4 is 21.5 Å². The fourth-order valence-corrected chi connectivity index (χ4v) is 1.33. The van der Waals surface area contributed by atoms with Gasteiger partial charge in [0.15, 0.2) is 6.61 Å². The van der Waals surface area contributed by atoms with Gasteiger partial charge < -0.3 is 21.5 Å². The first-order chi connectivity index (χ1) is 8.22. The van der Waals surface area contributed by atoms with Crippen LogP contribution in [0.25, 0.3) is 0 Å². The monoisotopic (exact) mass is 237 g/mol. The summed E-state index contributed by atoms with van der Waals surface area (Å²) in [6, 6.07) is 7.40. The number of amides is 1. The third-order valence-corrected chi connectivity index (χ3v) is 2.20. The molecular weight excluding hydrogens is 218 g/mol. The minimum absolute atomic E-state index is 0.0940. The van der Waals surface area contributed by atoms with Crippen LogP contribution >= 0.6 is 0 Å². The Balaban J connectivity index is 2.31. The van der Waals surface area contributed by atoms with E-state index in [9.17, 15) is 4.79 Å². The van der Waals surface area contributed by atoms with Crippen molar-refractivity contribution in [3.05, 3.63) is 24.3 Å². The zero-order valence-corrected chi connectivity index (χ0v) is 9.82. The molecule has 1 aromatic carbocycles. The van der Waals surface area contributed by atoms with Gasteiger partial charge in [0.2, 0.25) is 0 Å². The van der Waals surface area contributed by atoms with Crippen molar-refractivity contribution in [2.45, 2.75) is 12.8 Å². The molecular formula is C12H19N3O2. The van der Waals surface area contributed by atoms with Gasteiger partial charge >= 0.3 is 0 Å². The Morgan fingerprint density at radius 3 is 2.53 bits per heavy atom. The van der Waals surface area contributed by atoms with E-state index in [1.807, 2.05) is 12.1 Å². The molecule has 1 rings (SSSR count). The molecule has 1 aromatic rings. The largest absolute Gasteiger partial charge is 0.484 e. The molecule has 0 aliphatic carbocycles. The Labute approximate surface area is 101 Å². The maximum Gasteiger partial charge on any atom is 0.255 e. The Morgan fingerprint density at radius 1 is 1.24 bits per heavy atom. The SMILES string of the molecule is NCCCCNc1ccc(OCC(N)=O)cc1. The van der Waals surface area contributed by atoms with Crippen LogP contribution in [0.15, 0.2) is 24.3 Å². The first-order valence-electron chi connectivity index (χ1n) is 5.67. The van der Waals surface area contributed by atoms with E-state index in [0.29, 0.717) is 5.75 Å². The number of carbonyl (C=O) groups is 1. The van der Waals surface area contributed by atoms with Crippen LogP contribution in [-0.4, -0.2) is 25.6 Å². The highest BCUT2D eigenvalue weighted by Crippen LogP contribution is 2.15. The highest BCUT2D eigenvalue weighted by atomic mass is 16.5. The maximum atomic E-state index is 10.5. The Hall–Kier alpha value is -1.75. The summed E-state index contributed by atoms with van der Waals surface area (Å²) in [5.41, 5.74) is 11.4. The van der Waals surface area contributed by atoms with Gasteiger partial charge in [-0.15, -0.1) is 0 Å². The van der Waals surface area contributed by atoms with Gasteiger partial charge in [0.05, 0.1) is 0 Å². The summed E-state index contributed by atoms with van der Waals surface area (Å²) in [4.78, 5) is 10.5. The third-order valence-electron chi connectivity index (χ3n) is 2.20. The maximum absolute atomic E-state index is 10.5. The Kier molecular flexibility index (Phi) is 5.88. The van der Waals surface area contributed by atoms with Gasteiger partial charge in [0, 0.05) is 12.2 Å². The summed E-state index contributed by atoms with van der Waals surface area (Å²) in [6.45, 7) is 1.53. The van der Waals surface area contributed by atoms with Gasteiger partial charge in [-0.25, -0.2) is 0 Å². The molecule has 0 unspecified atom stereocenters. The van der Waals surface area contributed by atoms with Crippen molar-refractivity contribution in [2.24, 2.45) is 11.5 Å². The molecule has 94 valence electrons. The number of carbonyl (C=O) groups excluding carboxylic acids is 1. The van der Waals surface area contributed by atoms with Gasteiger partial charge in [0.1, 0.15) is 5.75 Å². The predicted octanol–water partition coefficient (Wildman–Crippen LogP) is 0.702. The second kappa shape index (κ2) is 7.51. The molecule has 0 saturated heterocycles. The summed E-state index contributed by atoms with van der Waals surface area (Å²) in [7, 11) is 0. The zero-order chi connectivity index (χ0) is 12.5. The molecule has 0 saturated carbocycles. The summed E-state index contributed by atoms with van der Waals surface area (Å²) in [6.07, 6.45) is 2.07. The van der Waals surface area contributed by atoms with Crippen LogP contribution in [-0.2, 0) is 4.79 Å². The normalized spacial score (nSPS) is 9.94. The number of benzene rings is 1. The summed E-state index contributed by atoms with van der Waals surface area (Å²) in [5.74, 6) is 0.158. The van der Waals surface area contributed by atoms with Crippen LogP contribution in [0.2, 0.25) is 0 Å². The van der Waals surface area contributed by atoms with Gasteiger partial charge in [-0.3, -0.25) is 4.79 Å². The van der Waals surface area contributed by atoms with Crippen molar-refractivity contribution in [1.82, 2.24) is 0 Å². The molecule has 0 heterocycles. The molecule has 5 heteroatoms. The van der Waals surface area contributed by atoms with E-state index in [1.165, 1.54) is 0 Å². The zero-order valence-electron chi connectivity index (χ0n) is 9.82. The van der Waals surface area contributed by atoms with Gasteiger partial charge in [0.25, 0.3) is 5.91 Å². The lowest BCUT2D eigenvalue weighted by Gasteiger charge is -2.07. The molecule has 17 heavy (non-hydrogen) atoms. The van der Waals surface area contributed by atoms with Crippen LogP contribution in [0.4, 0.5) is 5.69 Å². The minimum Gasteiger partial charge on any atom is -0.484 e. The average Bonchev–Trinajstić information content (AvgIpc) is 2.33. The van der Waals surface area contributed by atoms with E-state index in [1.54, 1.807) is 12.1 Å². The van der Waals surface area contributed by atoms with Crippen molar-refractivity contribution in [2.75, 3.05) is 25.0 Å². The molecule has 0 atom stereocenters. The van der Waals surface area contributed by atoms with E-state index in [4.69, 9.17) is 16.2 Å². The van der Waals surface area contributed by atoms with Crippen molar-refractivity contribution >= 4 is 11.6 Å². The number of ether oxygens (including phenoxy) is 1. The van der Waals surface area contributed by atoms with Crippen molar-refractivity contribution < 1.29 is 9.53 Å². The smallest absolute Gasteiger partial charge is 0.255 e. The molecule has 0 fully saturated rings. The third kappa shape index (κ3) is 5.77. The number of primary amides is 1. The molecule has 1 amide bonds. The predicted molar refractivity (Wildman–Crippen MR) is 67.9 cm³/mol. The number of rotatable bonds is 8. The quantitative estimate of drug-likeness (QED) is 0.580. The fraction of sp³-hybridized carbons (Fsp3) is 0.417. The molecule has 0 aliphatic rings. The topological polar surface area (TPSA) is 90.4 Å². The summed E-state index contributed by atoms with van der Waals surface area (Å²) >= 11 is 0. The number of nitrogens with one attached hydrogen (secondary N) is 1. The lowest BCUT2D eigenvalue weighted by Crippen LogP contribution is -2.19. The second-order valence-corrected chi connectivity index (χ2v) is 3.70. The van der Waals surface area contributed by atoms with Crippen molar-refractivity contribution in [1.29, 1.82) is 0 Å². The van der Waals surface area contributed by atoms with Crippen LogP contribution in [0.1, 0.15) is 12.8 Å². The fourth-order valence-electron chi connectivity index (χ4n) is 1.33. The number of hydrogen-bond acceptors (Lipinski definition) is 4. The van der Waals surface area contributed by atoms with E-state index >= 15 is 0 Å². The molecule has 0 aromatic heterocycles. The molecule has 0 spiro atoms. The standard InChI is InChI=1S/C12H19N3O2/c13-7-1-2-8-15-10-3-5-11(6-4-10)17-9-12(14)16/h3-6,15H,1-2,7-9,13H2,(H2,14,16). The second-order valence-electron chi connectivity index (χ2n) is 3.70. The van der Waals surface area contributed by atoms with Crippen molar-refractivity contribution in [3.8, 4) is 5.75 Å². The Bertz CT molecular complexity index is 338. The molecule has 0 radical (unpaired) electrons. The first-order valence-corrected chi connectivity index (χ1v) is 5.67. The van der Waals surface area contributed by atoms with Crippen LogP contribution in [0.5, 0.6) is 5.75 Å². The lowest BCUT2D eigenvalue weighted by molar-refractivity contribution is -0.119. The van der Waals surface area contributed by atoms with Gasteiger partial charge in [-0.1, -0.05) is 0 Å². The number of unbranched alkanes of at least 4 members (excludes halogenated alkanes) is 1. The van der Waals surface area contributed by atoms with E-state index in [0.717, 1.165) is 31.6 Å². The Morgan fingerprint density at radius 2 is 1.94 bits per heavy atom. The van der Waals surface area contributed by atoms with Gasteiger partial charge in [-0.05, 0) is 43.7 Å². The lowest BCUT2D eigenvalue weighted by atomic mass is 10.2. The number of anilines is 1. The van der Waals surface area contributed by atoms with Crippen LogP contribution in [0.3, 0.4) is 0 Å². The number of nitrogens with two attached hydrogens (primary N) is 2. The van der Waals surface area contributed by atoms with Gasteiger partial charge in [-0.2, -0.15) is 0 Å². The van der Waals surface area contributed by atoms with Crippen molar-refractivity contribution in [3.63, 3.8) is 0 Å².